The molecule has 0 aliphatic rings. The van der Waals surface area contributed by atoms with Gasteiger partial charge in [-0.2, -0.15) is 0 Å². The molecule has 0 radical (unpaired) electrons. The fraction of sp³-hybridized carbons (Fsp3) is 0.652. The van der Waals surface area contributed by atoms with Crippen molar-refractivity contribution in [2.75, 3.05) is 6.54 Å². The van der Waals surface area contributed by atoms with Crippen LogP contribution in [0.5, 0.6) is 0 Å². The van der Waals surface area contributed by atoms with E-state index < -0.39 is 0 Å². The van der Waals surface area contributed by atoms with Crippen molar-refractivity contribution in [2.45, 2.75) is 89.9 Å². The van der Waals surface area contributed by atoms with Crippen LogP contribution in [0.15, 0.2) is 41.0 Å². The predicted molar refractivity (Wildman–Crippen MR) is 111 cm³/mol. The highest BCUT2D eigenvalue weighted by molar-refractivity contribution is 5.41. The van der Waals surface area contributed by atoms with Crippen LogP contribution in [0.2, 0.25) is 0 Å². The normalized spacial score (nSPS) is 11.9. The van der Waals surface area contributed by atoms with E-state index >= 15 is 0 Å². The fourth-order valence-electron chi connectivity index (χ4n) is 2.99. The Hall–Kier alpha value is -1.28. The van der Waals surface area contributed by atoms with Crippen LogP contribution in [0.4, 0.5) is 0 Å². The molecule has 0 bridgehead atoms. The number of allylic oxidation sites excluding steroid dienone is 3. The van der Waals surface area contributed by atoms with Gasteiger partial charge in [-0.1, -0.05) is 63.2 Å². The van der Waals surface area contributed by atoms with Gasteiger partial charge < -0.3 is 10.2 Å². The number of nitrogens with two attached hydrogens (primary N) is 1. The molecule has 0 spiro atoms. The van der Waals surface area contributed by atoms with Crippen molar-refractivity contribution in [3.05, 3.63) is 42.4 Å². The minimum atomic E-state index is 0.853. The number of hydrogen-bond donors (Lipinski definition) is 1. The van der Waals surface area contributed by atoms with Gasteiger partial charge in [-0.15, -0.1) is 0 Å². The van der Waals surface area contributed by atoms with E-state index in [-0.39, 0.29) is 0 Å². The molecule has 0 fully saturated rings. The molecule has 2 heteroatoms. The molecule has 0 saturated heterocycles. The summed E-state index contributed by atoms with van der Waals surface area (Å²) in [5.74, 6) is 0.957. The third-order valence-electron chi connectivity index (χ3n) is 4.56. The average molecular weight is 346 g/mol. The summed E-state index contributed by atoms with van der Waals surface area (Å²) < 4.78 is 5.27. The van der Waals surface area contributed by atoms with Gasteiger partial charge in [0.2, 0.25) is 0 Å². The Labute approximate surface area is 155 Å². The van der Waals surface area contributed by atoms with Gasteiger partial charge in [-0.25, -0.2) is 0 Å². The molecular weight excluding hydrogens is 306 g/mol. The molecule has 0 aliphatic heterocycles. The molecule has 1 aromatic heterocycles. The Bertz CT molecular complexity index is 419. The Balaban J connectivity index is 1.75. The Morgan fingerprint density at radius 3 is 1.72 bits per heavy atom. The molecule has 0 aliphatic carbocycles. The van der Waals surface area contributed by atoms with E-state index in [0.717, 1.165) is 18.7 Å². The second-order valence-electron chi connectivity index (χ2n) is 6.93. The quantitative estimate of drug-likeness (QED) is 0.238. The van der Waals surface area contributed by atoms with E-state index in [9.17, 15) is 0 Å². The smallest absolute Gasteiger partial charge is 0.126 e. The van der Waals surface area contributed by atoms with Crippen molar-refractivity contribution < 1.29 is 4.42 Å². The number of unbranched alkanes of at least 4 members (excludes halogenated alkanes) is 12. The van der Waals surface area contributed by atoms with Crippen LogP contribution in [-0.4, -0.2) is 6.54 Å². The van der Waals surface area contributed by atoms with Crippen LogP contribution in [0, 0.1) is 0 Å². The molecular formula is C23H39NO. The van der Waals surface area contributed by atoms with Crippen LogP contribution >= 0.6 is 0 Å². The molecule has 1 heterocycles. The monoisotopic (exact) mass is 345 g/mol. The van der Waals surface area contributed by atoms with E-state index in [1.54, 1.807) is 6.26 Å². The molecule has 25 heavy (non-hydrogen) atoms. The summed E-state index contributed by atoms with van der Waals surface area (Å²) in [4.78, 5) is 0. The number of hydrogen-bond acceptors (Lipinski definition) is 2. The third-order valence-corrected chi connectivity index (χ3v) is 4.56. The van der Waals surface area contributed by atoms with Gasteiger partial charge in [-0.05, 0) is 69.7 Å². The van der Waals surface area contributed by atoms with Gasteiger partial charge in [0.05, 0.1) is 6.26 Å². The number of rotatable bonds is 17. The number of furan rings is 1. The van der Waals surface area contributed by atoms with Crippen molar-refractivity contribution in [3.8, 4) is 0 Å². The van der Waals surface area contributed by atoms with Crippen LogP contribution in [-0.2, 0) is 0 Å². The van der Waals surface area contributed by atoms with Gasteiger partial charge in [0, 0.05) is 0 Å². The maximum absolute atomic E-state index is 5.50. The minimum Gasteiger partial charge on any atom is -0.465 e. The molecule has 2 N–H and O–H groups in total. The summed E-state index contributed by atoms with van der Waals surface area (Å²) >= 11 is 0. The molecule has 0 atom stereocenters. The van der Waals surface area contributed by atoms with Gasteiger partial charge >= 0.3 is 0 Å². The Morgan fingerprint density at radius 1 is 0.680 bits per heavy atom. The zero-order valence-corrected chi connectivity index (χ0v) is 16.1. The lowest BCUT2D eigenvalue weighted by atomic mass is 10.1. The fourth-order valence-corrected chi connectivity index (χ4v) is 2.99. The molecule has 0 aromatic carbocycles. The highest BCUT2D eigenvalue weighted by Crippen LogP contribution is 2.11. The van der Waals surface area contributed by atoms with Crippen molar-refractivity contribution in [3.63, 3.8) is 0 Å². The zero-order chi connectivity index (χ0) is 17.8. The summed E-state index contributed by atoms with van der Waals surface area (Å²) in [7, 11) is 0. The van der Waals surface area contributed by atoms with Gasteiger partial charge in [0.1, 0.15) is 5.76 Å². The molecule has 1 aromatic rings. The van der Waals surface area contributed by atoms with E-state index in [4.69, 9.17) is 10.2 Å². The Morgan fingerprint density at radius 2 is 1.20 bits per heavy atom. The molecule has 1 rings (SSSR count). The van der Waals surface area contributed by atoms with Crippen molar-refractivity contribution in [2.24, 2.45) is 5.73 Å². The third kappa shape index (κ3) is 14.7. The Kier molecular flexibility index (Phi) is 15.3. The largest absolute Gasteiger partial charge is 0.465 e. The second-order valence-corrected chi connectivity index (χ2v) is 6.93. The summed E-state index contributed by atoms with van der Waals surface area (Å²) in [6.07, 6.45) is 29.2. The van der Waals surface area contributed by atoms with Crippen molar-refractivity contribution in [1.29, 1.82) is 0 Å². The van der Waals surface area contributed by atoms with Crippen LogP contribution in [0.1, 0.15) is 95.7 Å². The maximum Gasteiger partial charge on any atom is 0.126 e. The van der Waals surface area contributed by atoms with Gasteiger partial charge in [0.15, 0.2) is 0 Å². The molecule has 0 unspecified atom stereocenters. The van der Waals surface area contributed by atoms with E-state index in [1.165, 1.54) is 83.5 Å². The zero-order valence-electron chi connectivity index (χ0n) is 16.1. The van der Waals surface area contributed by atoms with E-state index in [0.29, 0.717) is 0 Å². The average Bonchev–Trinajstić information content (AvgIpc) is 3.14. The maximum atomic E-state index is 5.50. The molecule has 0 amide bonds. The van der Waals surface area contributed by atoms with Crippen LogP contribution in [0.25, 0.3) is 6.08 Å². The SMILES string of the molecule is NCCCCCCCC/C=C\CCCCCCCC=Cc1ccco1. The molecule has 2 nitrogen and oxygen atoms in total. The van der Waals surface area contributed by atoms with Gasteiger partial charge in [0.25, 0.3) is 0 Å². The standard InChI is InChI=1S/C23H39NO/c24-21-17-15-13-11-9-7-5-3-1-2-4-6-8-10-12-14-16-19-23-20-18-22-25-23/h1,3,16,18-20,22H,2,4-15,17,21,24H2/b3-1-,19-16?. The summed E-state index contributed by atoms with van der Waals surface area (Å²) in [6.45, 7) is 0.853. The first-order valence-electron chi connectivity index (χ1n) is 10.5. The van der Waals surface area contributed by atoms with E-state index in [2.05, 4.69) is 24.3 Å². The molecule has 0 saturated carbocycles. The lowest BCUT2D eigenvalue weighted by Gasteiger charge is -1.99. The first-order valence-corrected chi connectivity index (χ1v) is 10.5. The minimum absolute atomic E-state index is 0.853. The van der Waals surface area contributed by atoms with Crippen molar-refractivity contribution in [1.82, 2.24) is 0 Å². The highest BCUT2D eigenvalue weighted by Gasteiger charge is 1.91. The second kappa shape index (κ2) is 17.5. The molecule has 142 valence electrons. The lowest BCUT2D eigenvalue weighted by Crippen LogP contribution is -1.97. The van der Waals surface area contributed by atoms with Gasteiger partial charge in [-0.3, -0.25) is 0 Å². The van der Waals surface area contributed by atoms with Crippen LogP contribution in [0.3, 0.4) is 0 Å². The summed E-state index contributed by atoms with van der Waals surface area (Å²) in [6, 6.07) is 3.92. The highest BCUT2D eigenvalue weighted by atomic mass is 16.3. The van der Waals surface area contributed by atoms with E-state index in [1.807, 2.05) is 12.1 Å². The van der Waals surface area contributed by atoms with Crippen molar-refractivity contribution >= 4 is 6.08 Å². The first-order chi connectivity index (χ1) is 12.4. The predicted octanol–water partition coefficient (Wildman–Crippen LogP) is 7.27. The topological polar surface area (TPSA) is 39.2 Å². The summed E-state index contributed by atoms with van der Waals surface area (Å²) in [5.41, 5.74) is 5.50. The lowest BCUT2D eigenvalue weighted by molar-refractivity contribution is 0.556. The summed E-state index contributed by atoms with van der Waals surface area (Å²) in [5, 5.41) is 0. The first kappa shape index (κ1) is 21.8. The van der Waals surface area contributed by atoms with Crippen LogP contribution < -0.4 is 5.73 Å².